The first kappa shape index (κ1) is 24.1. The van der Waals surface area contributed by atoms with E-state index in [9.17, 15) is 0 Å². The molecule has 4 aromatic carbocycles. The molecule has 0 saturated heterocycles. The summed E-state index contributed by atoms with van der Waals surface area (Å²) in [5.74, 6) is 0. The van der Waals surface area contributed by atoms with Crippen molar-refractivity contribution in [2.75, 3.05) is 6.26 Å². The summed E-state index contributed by atoms with van der Waals surface area (Å²) < 4.78 is 3.51. The normalized spacial score (nSPS) is 11.3. The molecular formula is C30H25BrN2S2. The fourth-order valence-corrected chi connectivity index (χ4v) is 6.07. The number of hydrogen-bond donors (Lipinski definition) is 0. The molecule has 0 N–H and O–H groups in total. The number of para-hydroxylation sites is 1. The van der Waals surface area contributed by atoms with Crippen molar-refractivity contribution < 1.29 is 0 Å². The Morgan fingerprint density at radius 2 is 1.51 bits per heavy atom. The van der Waals surface area contributed by atoms with Crippen LogP contribution in [0.5, 0.6) is 0 Å². The van der Waals surface area contributed by atoms with Crippen molar-refractivity contribution in [2.45, 2.75) is 22.9 Å². The number of thioether (sulfide) groups is 1. The molecule has 5 aromatic rings. The van der Waals surface area contributed by atoms with Crippen LogP contribution in [0.3, 0.4) is 0 Å². The lowest BCUT2D eigenvalue weighted by atomic mass is 10.0. The number of fused-ring (bicyclic) bond motifs is 1. The Bertz CT molecular complexity index is 1430. The van der Waals surface area contributed by atoms with E-state index in [2.05, 4.69) is 129 Å². The van der Waals surface area contributed by atoms with Gasteiger partial charge in [-0.15, -0.1) is 11.8 Å². The van der Waals surface area contributed by atoms with E-state index in [0.29, 0.717) is 0 Å². The Morgan fingerprint density at radius 3 is 2.34 bits per heavy atom. The van der Waals surface area contributed by atoms with E-state index < -0.39 is 0 Å². The molecule has 2 nitrogen and oxygen atoms in total. The molecule has 0 saturated carbocycles. The van der Waals surface area contributed by atoms with Crippen LogP contribution in [0.25, 0.3) is 22.0 Å². The van der Waals surface area contributed by atoms with Gasteiger partial charge in [0.05, 0.1) is 5.52 Å². The van der Waals surface area contributed by atoms with Gasteiger partial charge in [-0.2, -0.15) is 0 Å². The first-order valence-electron chi connectivity index (χ1n) is 11.4. The highest BCUT2D eigenvalue weighted by molar-refractivity contribution is 9.10. The molecule has 1 heterocycles. The van der Waals surface area contributed by atoms with E-state index in [1.165, 1.54) is 32.0 Å². The van der Waals surface area contributed by atoms with Gasteiger partial charge in [-0.05, 0) is 76.9 Å². The fraction of sp³-hybridized carbons (Fsp3) is 0.100. The van der Waals surface area contributed by atoms with Crippen molar-refractivity contribution in [1.82, 2.24) is 9.29 Å². The Labute approximate surface area is 224 Å². The third-order valence-electron chi connectivity index (χ3n) is 5.79. The molecule has 5 heteroatoms. The molecule has 0 atom stereocenters. The minimum absolute atomic E-state index is 0.824. The number of halogens is 1. The van der Waals surface area contributed by atoms with Crippen LogP contribution in [-0.4, -0.2) is 15.5 Å². The minimum atomic E-state index is 0.824. The van der Waals surface area contributed by atoms with Crippen LogP contribution in [-0.2, 0) is 13.1 Å². The standard InChI is InChI=1S/C30H25BrN2S2/c1-34-28-11-3-8-26(19-28)24-15-13-22(14-16-24)20-33(21-23-6-2-10-27(31)18-23)35-29-12-4-7-25-9-5-17-32-30(25)29/h2-19H,20-21H2,1H3. The molecule has 0 bridgehead atoms. The minimum Gasteiger partial charge on any atom is -0.255 e. The molecule has 174 valence electrons. The molecule has 0 aliphatic carbocycles. The van der Waals surface area contributed by atoms with Gasteiger partial charge < -0.3 is 0 Å². The molecule has 0 aliphatic rings. The zero-order valence-corrected chi connectivity index (χ0v) is 22.6. The van der Waals surface area contributed by atoms with Gasteiger partial charge >= 0.3 is 0 Å². The van der Waals surface area contributed by atoms with Crippen LogP contribution in [0, 0.1) is 0 Å². The summed E-state index contributed by atoms with van der Waals surface area (Å²) in [6, 6.07) is 36.7. The maximum Gasteiger partial charge on any atom is 0.0850 e. The van der Waals surface area contributed by atoms with Gasteiger partial charge in [-0.25, -0.2) is 4.31 Å². The summed E-state index contributed by atoms with van der Waals surface area (Å²) in [5.41, 5.74) is 6.10. The van der Waals surface area contributed by atoms with Gasteiger partial charge in [0.25, 0.3) is 0 Å². The van der Waals surface area contributed by atoms with Gasteiger partial charge in [0.15, 0.2) is 0 Å². The van der Waals surface area contributed by atoms with Gasteiger partial charge in [0.2, 0.25) is 0 Å². The van der Waals surface area contributed by atoms with Gasteiger partial charge in [-0.1, -0.05) is 82.7 Å². The predicted octanol–water partition coefficient (Wildman–Crippen LogP) is 9.10. The largest absolute Gasteiger partial charge is 0.255 e. The lowest BCUT2D eigenvalue weighted by molar-refractivity contribution is 0.462. The van der Waals surface area contributed by atoms with Crippen molar-refractivity contribution >= 4 is 50.5 Å². The molecule has 0 amide bonds. The lowest BCUT2D eigenvalue weighted by Crippen LogP contribution is -2.15. The van der Waals surface area contributed by atoms with Crippen LogP contribution in [0.1, 0.15) is 11.1 Å². The molecule has 0 radical (unpaired) electrons. The van der Waals surface area contributed by atoms with Gasteiger partial charge in [0, 0.05) is 38.9 Å². The Balaban J connectivity index is 1.41. The predicted molar refractivity (Wildman–Crippen MR) is 155 cm³/mol. The van der Waals surface area contributed by atoms with Crippen molar-refractivity contribution in [1.29, 1.82) is 0 Å². The smallest absolute Gasteiger partial charge is 0.0850 e. The lowest BCUT2D eigenvalue weighted by Gasteiger charge is -2.22. The van der Waals surface area contributed by atoms with Crippen molar-refractivity contribution in [3.8, 4) is 11.1 Å². The van der Waals surface area contributed by atoms with Crippen LogP contribution >= 0.6 is 39.6 Å². The van der Waals surface area contributed by atoms with E-state index in [1.54, 1.807) is 23.7 Å². The summed E-state index contributed by atoms with van der Waals surface area (Å²) in [4.78, 5) is 7.12. The first-order valence-corrected chi connectivity index (χ1v) is 14.2. The molecule has 0 unspecified atom stereocenters. The second kappa shape index (κ2) is 11.4. The number of nitrogens with zero attached hydrogens (tertiary/aromatic N) is 2. The first-order chi connectivity index (χ1) is 17.2. The maximum atomic E-state index is 4.66. The summed E-state index contributed by atoms with van der Waals surface area (Å²) in [6.07, 6.45) is 3.99. The molecule has 35 heavy (non-hydrogen) atoms. The van der Waals surface area contributed by atoms with Gasteiger partial charge in [-0.3, -0.25) is 4.98 Å². The number of pyridine rings is 1. The zero-order chi connectivity index (χ0) is 24.0. The monoisotopic (exact) mass is 556 g/mol. The van der Waals surface area contributed by atoms with Gasteiger partial charge in [0.1, 0.15) is 0 Å². The fourth-order valence-electron chi connectivity index (χ4n) is 4.06. The van der Waals surface area contributed by atoms with Crippen LogP contribution in [0.15, 0.2) is 124 Å². The summed E-state index contributed by atoms with van der Waals surface area (Å²) in [5, 5.41) is 1.16. The van der Waals surface area contributed by atoms with Crippen LogP contribution in [0.2, 0.25) is 0 Å². The molecule has 1 aromatic heterocycles. The highest BCUT2D eigenvalue weighted by Gasteiger charge is 2.13. The quantitative estimate of drug-likeness (QED) is 0.140. The molecule has 5 rings (SSSR count). The van der Waals surface area contributed by atoms with E-state index in [4.69, 9.17) is 0 Å². The average Bonchev–Trinajstić information content (AvgIpc) is 2.89. The van der Waals surface area contributed by atoms with E-state index in [1.807, 2.05) is 12.3 Å². The molecule has 0 spiro atoms. The molecule has 0 fully saturated rings. The number of aromatic nitrogens is 1. The average molecular weight is 558 g/mol. The molecule has 0 aliphatic heterocycles. The van der Waals surface area contributed by atoms with E-state index in [-0.39, 0.29) is 0 Å². The summed E-state index contributed by atoms with van der Waals surface area (Å²) in [7, 11) is 0. The Kier molecular flexibility index (Phi) is 7.89. The Morgan fingerprint density at radius 1 is 0.743 bits per heavy atom. The summed E-state index contributed by atoms with van der Waals surface area (Å²) in [6.45, 7) is 1.65. The third-order valence-corrected chi connectivity index (χ3v) is 8.05. The van der Waals surface area contributed by atoms with Crippen LogP contribution in [0.4, 0.5) is 0 Å². The number of benzene rings is 4. The number of hydrogen-bond acceptors (Lipinski definition) is 4. The van der Waals surface area contributed by atoms with Crippen LogP contribution < -0.4 is 0 Å². The van der Waals surface area contributed by atoms with Crippen molar-refractivity contribution in [3.63, 3.8) is 0 Å². The summed E-state index contributed by atoms with van der Waals surface area (Å²) >= 11 is 7.17. The third kappa shape index (κ3) is 6.17. The highest BCUT2D eigenvalue weighted by atomic mass is 79.9. The SMILES string of the molecule is CSc1cccc(-c2ccc(CN(Cc3cccc(Br)c3)Sc3cccc4cccnc34)cc2)c1. The number of rotatable bonds is 8. The van der Waals surface area contributed by atoms with E-state index >= 15 is 0 Å². The topological polar surface area (TPSA) is 16.1 Å². The molecular weight excluding hydrogens is 532 g/mol. The van der Waals surface area contributed by atoms with Crippen molar-refractivity contribution in [3.05, 3.63) is 125 Å². The van der Waals surface area contributed by atoms with Crippen molar-refractivity contribution in [2.24, 2.45) is 0 Å². The second-order valence-electron chi connectivity index (χ2n) is 8.28. The highest BCUT2D eigenvalue weighted by Crippen LogP contribution is 2.32. The maximum absolute atomic E-state index is 4.66. The Hall–Kier alpha value is -2.57. The second-order valence-corrected chi connectivity index (χ2v) is 11.2. The zero-order valence-electron chi connectivity index (χ0n) is 19.4. The van der Waals surface area contributed by atoms with E-state index in [0.717, 1.165) is 28.5 Å².